The summed E-state index contributed by atoms with van der Waals surface area (Å²) in [6, 6.07) is 7.46. The Kier molecular flexibility index (Phi) is 4.11. The molecular formula is C14H15N5O. The van der Waals surface area contributed by atoms with Crippen LogP contribution in [0, 0.1) is 11.3 Å². The minimum Gasteiger partial charge on any atom is -0.351 e. The van der Waals surface area contributed by atoms with E-state index in [1.807, 2.05) is 25.1 Å². The molecule has 20 heavy (non-hydrogen) atoms. The van der Waals surface area contributed by atoms with E-state index in [2.05, 4.69) is 15.6 Å². The molecule has 1 aromatic carbocycles. The number of aryl methyl sites for hydroxylation is 1. The van der Waals surface area contributed by atoms with Gasteiger partial charge in [-0.2, -0.15) is 5.26 Å². The quantitative estimate of drug-likeness (QED) is 0.671. The third-order valence-corrected chi connectivity index (χ3v) is 2.87. The first kappa shape index (κ1) is 13.7. The summed E-state index contributed by atoms with van der Waals surface area (Å²) in [5.74, 6) is -0.366. The van der Waals surface area contributed by atoms with Crippen molar-refractivity contribution in [1.29, 1.82) is 5.26 Å². The van der Waals surface area contributed by atoms with Crippen LogP contribution in [0.1, 0.15) is 18.9 Å². The van der Waals surface area contributed by atoms with Crippen LogP contribution in [0.3, 0.4) is 0 Å². The zero-order valence-corrected chi connectivity index (χ0v) is 11.4. The predicted octanol–water partition coefficient (Wildman–Crippen LogP) is 1.40. The van der Waals surface area contributed by atoms with Gasteiger partial charge in [0.2, 0.25) is 0 Å². The number of nitrogens with zero attached hydrogens (tertiary/aromatic N) is 4. The monoisotopic (exact) mass is 269 g/mol. The van der Waals surface area contributed by atoms with Gasteiger partial charge >= 0.3 is 0 Å². The van der Waals surface area contributed by atoms with Crippen molar-refractivity contribution in [3.8, 4) is 6.07 Å². The van der Waals surface area contributed by atoms with Crippen molar-refractivity contribution in [3.63, 3.8) is 0 Å². The van der Waals surface area contributed by atoms with Crippen molar-refractivity contribution >= 4 is 23.0 Å². The van der Waals surface area contributed by atoms with E-state index in [-0.39, 0.29) is 11.5 Å². The van der Waals surface area contributed by atoms with Crippen LogP contribution >= 0.6 is 0 Å². The van der Waals surface area contributed by atoms with Crippen LogP contribution in [0.4, 0.5) is 0 Å². The maximum Gasteiger partial charge on any atom is 0.261 e. The van der Waals surface area contributed by atoms with Crippen LogP contribution in [-0.2, 0) is 11.8 Å². The number of nitriles is 1. The van der Waals surface area contributed by atoms with Gasteiger partial charge in [-0.05, 0) is 18.6 Å². The van der Waals surface area contributed by atoms with Crippen molar-refractivity contribution < 1.29 is 4.79 Å². The van der Waals surface area contributed by atoms with E-state index in [1.54, 1.807) is 23.9 Å². The molecule has 0 bridgehead atoms. The first-order valence-electron chi connectivity index (χ1n) is 6.35. The lowest BCUT2D eigenvalue weighted by atomic mass is 10.1. The molecule has 2 rings (SSSR count). The van der Waals surface area contributed by atoms with Gasteiger partial charge in [-0.3, -0.25) is 4.79 Å². The molecule has 0 saturated heterocycles. The number of hydrogen-bond donors (Lipinski definition) is 1. The number of carbonyl (C=O) groups is 1. The zero-order valence-electron chi connectivity index (χ0n) is 11.4. The summed E-state index contributed by atoms with van der Waals surface area (Å²) >= 11 is 0. The molecule has 0 aliphatic rings. The molecule has 1 aromatic heterocycles. The molecular weight excluding hydrogens is 254 g/mol. The highest BCUT2D eigenvalue weighted by atomic mass is 16.1. The molecule has 0 aliphatic carbocycles. The van der Waals surface area contributed by atoms with Gasteiger partial charge in [0.1, 0.15) is 17.2 Å². The number of nitrogens with one attached hydrogen (secondary N) is 1. The molecule has 1 amide bonds. The number of carbonyl (C=O) groups excluding carboxylic acids is 1. The van der Waals surface area contributed by atoms with Gasteiger partial charge in [-0.25, -0.2) is 4.68 Å². The number of hydrogen-bond acceptors (Lipinski definition) is 4. The van der Waals surface area contributed by atoms with E-state index in [0.717, 1.165) is 11.9 Å². The van der Waals surface area contributed by atoms with Gasteiger partial charge in [0.05, 0.1) is 5.52 Å². The van der Waals surface area contributed by atoms with Crippen LogP contribution in [0.5, 0.6) is 0 Å². The first-order valence-corrected chi connectivity index (χ1v) is 6.35. The Morgan fingerprint density at radius 2 is 2.35 bits per heavy atom. The lowest BCUT2D eigenvalue weighted by Crippen LogP contribution is -2.25. The van der Waals surface area contributed by atoms with E-state index in [9.17, 15) is 4.79 Å². The van der Waals surface area contributed by atoms with Crippen molar-refractivity contribution in [2.24, 2.45) is 7.05 Å². The molecule has 102 valence electrons. The first-order chi connectivity index (χ1) is 9.67. The molecule has 0 spiro atoms. The van der Waals surface area contributed by atoms with E-state index >= 15 is 0 Å². The van der Waals surface area contributed by atoms with Crippen LogP contribution in [0.2, 0.25) is 0 Å². The molecule has 0 aliphatic heterocycles. The summed E-state index contributed by atoms with van der Waals surface area (Å²) in [4.78, 5) is 11.8. The number of benzene rings is 1. The molecule has 0 radical (unpaired) electrons. The molecule has 0 atom stereocenters. The highest BCUT2D eigenvalue weighted by molar-refractivity contribution is 6.03. The summed E-state index contributed by atoms with van der Waals surface area (Å²) in [6.45, 7) is 2.50. The Balaban J connectivity index is 2.40. The molecule has 0 unspecified atom stereocenters. The van der Waals surface area contributed by atoms with E-state index in [4.69, 9.17) is 5.26 Å². The molecule has 2 aromatic rings. The molecule has 1 heterocycles. The predicted molar refractivity (Wildman–Crippen MR) is 75.4 cm³/mol. The highest BCUT2D eigenvalue weighted by Crippen LogP contribution is 2.18. The van der Waals surface area contributed by atoms with Crippen molar-refractivity contribution in [2.75, 3.05) is 6.54 Å². The van der Waals surface area contributed by atoms with Crippen LogP contribution < -0.4 is 5.32 Å². The summed E-state index contributed by atoms with van der Waals surface area (Å²) < 4.78 is 1.65. The van der Waals surface area contributed by atoms with Gasteiger partial charge in [-0.1, -0.05) is 24.3 Å². The Bertz CT molecular complexity index is 708. The minimum absolute atomic E-state index is 0.0663. The van der Waals surface area contributed by atoms with Crippen molar-refractivity contribution in [3.05, 3.63) is 29.3 Å². The van der Waals surface area contributed by atoms with E-state index in [1.165, 1.54) is 0 Å². The van der Waals surface area contributed by atoms with Crippen LogP contribution in [0.15, 0.2) is 23.8 Å². The minimum atomic E-state index is -0.366. The maximum absolute atomic E-state index is 11.8. The Morgan fingerprint density at radius 1 is 1.55 bits per heavy atom. The number of aromatic nitrogens is 3. The van der Waals surface area contributed by atoms with Gasteiger partial charge < -0.3 is 5.32 Å². The fourth-order valence-corrected chi connectivity index (χ4v) is 1.83. The average Bonchev–Trinajstić information content (AvgIpc) is 2.84. The SMILES string of the molecule is CCCNC(=O)/C(C#N)=C/c1cccc2c1nnn2C. The number of fused-ring (bicyclic) bond motifs is 1. The second-order valence-corrected chi connectivity index (χ2v) is 4.35. The largest absolute Gasteiger partial charge is 0.351 e. The van der Waals surface area contributed by atoms with Gasteiger partial charge in [0.15, 0.2) is 0 Å². The van der Waals surface area contributed by atoms with Gasteiger partial charge in [0.25, 0.3) is 5.91 Å². The molecule has 6 heteroatoms. The van der Waals surface area contributed by atoms with Gasteiger partial charge in [0, 0.05) is 19.2 Å². The van der Waals surface area contributed by atoms with Crippen molar-refractivity contribution in [2.45, 2.75) is 13.3 Å². The fraction of sp³-hybridized carbons (Fsp3) is 0.286. The molecule has 6 nitrogen and oxygen atoms in total. The third kappa shape index (κ3) is 2.67. The number of rotatable bonds is 4. The third-order valence-electron chi connectivity index (χ3n) is 2.87. The molecule has 0 saturated carbocycles. The van der Waals surface area contributed by atoms with Crippen molar-refractivity contribution in [1.82, 2.24) is 20.3 Å². The summed E-state index contributed by atoms with van der Waals surface area (Å²) in [7, 11) is 1.79. The second-order valence-electron chi connectivity index (χ2n) is 4.35. The smallest absolute Gasteiger partial charge is 0.261 e. The summed E-state index contributed by atoms with van der Waals surface area (Å²) in [6.07, 6.45) is 2.37. The van der Waals surface area contributed by atoms with Gasteiger partial charge in [-0.15, -0.1) is 5.10 Å². The Labute approximate surface area is 116 Å². The maximum atomic E-state index is 11.8. The van der Waals surface area contributed by atoms with Crippen LogP contribution in [0.25, 0.3) is 17.1 Å². The standard InChI is InChI=1S/C14H15N5O/c1-3-7-16-14(20)11(9-15)8-10-5-4-6-12-13(10)17-18-19(12)2/h4-6,8H,3,7H2,1-2H3,(H,16,20)/b11-8+. The lowest BCUT2D eigenvalue weighted by molar-refractivity contribution is -0.117. The summed E-state index contributed by atoms with van der Waals surface area (Å²) in [5.41, 5.74) is 2.30. The van der Waals surface area contributed by atoms with E-state index in [0.29, 0.717) is 17.6 Å². The summed E-state index contributed by atoms with van der Waals surface area (Å²) in [5, 5.41) is 19.8. The lowest BCUT2D eigenvalue weighted by Gasteiger charge is -2.02. The normalized spacial score (nSPS) is 11.3. The number of amides is 1. The second kappa shape index (κ2) is 5.97. The molecule has 1 N–H and O–H groups in total. The Morgan fingerprint density at radius 3 is 3.05 bits per heavy atom. The average molecular weight is 269 g/mol. The molecule has 0 fully saturated rings. The zero-order chi connectivity index (χ0) is 14.5. The van der Waals surface area contributed by atoms with Crippen LogP contribution in [-0.4, -0.2) is 27.4 Å². The van der Waals surface area contributed by atoms with E-state index < -0.39 is 0 Å². The topological polar surface area (TPSA) is 83.6 Å². The highest BCUT2D eigenvalue weighted by Gasteiger charge is 2.10. The Hall–Kier alpha value is -2.68. The fourth-order valence-electron chi connectivity index (χ4n) is 1.83.